The molecule has 2 rings (SSSR count). The molecular formula is C17H24N4O3S2. The van der Waals surface area contributed by atoms with E-state index in [-0.39, 0.29) is 16.8 Å². The number of nitrogens with zero attached hydrogens (tertiary/aromatic N) is 3. The minimum atomic E-state index is -3.57. The van der Waals surface area contributed by atoms with Gasteiger partial charge in [0.05, 0.1) is 4.90 Å². The Morgan fingerprint density at radius 2 is 1.77 bits per heavy atom. The van der Waals surface area contributed by atoms with Crippen LogP contribution in [0.5, 0.6) is 0 Å². The zero-order valence-corrected chi connectivity index (χ0v) is 17.2. The number of hydrogen-bond donors (Lipinski definition) is 1. The van der Waals surface area contributed by atoms with Crippen LogP contribution in [0.25, 0.3) is 0 Å². The van der Waals surface area contributed by atoms with Gasteiger partial charge >= 0.3 is 0 Å². The number of amides is 1. The summed E-state index contributed by atoms with van der Waals surface area (Å²) in [7, 11) is -2.03. The molecule has 0 aliphatic heterocycles. The molecule has 1 heterocycles. The van der Waals surface area contributed by atoms with Crippen molar-refractivity contribution in [1.82, 2.24) is 14.5 Å². The van der Waals surface area contributed by atoms with Gasteiger partial charge in [0, 0.05) is 25.1 Å². The molecule has 2 aromatic rings. The summed E-state index contributed by atoms with van der Waals surface area (Å²) in [6, 6.07) is 5.71. The fourth-order valence-corrected chi connectivity index (χ4v) is 4.44. The Hall–Kier alpha value is -1.84. The topological polar surface area (TPSA) is 92.3 Å². The van der Waals surface area contributed by atoms with Gasteiger partial charge in [-0.15, -0.1) is 10.2 Å². The molecular weight excluding hydrogens is 372 g/mol. The normalized spacial score (nSPS) is 12.2. The van der Waals surface area contributed by atoms with Crippen molar-refractivity contribution in [2.45, 2.75) is 45.1 Å². The van der Waals surface area contributed by atoms with Crippen LogP contribution in [-0.2, 0) is 16.4 Å². The molecule has 0 spiro atoms. The van der Waals surface area contributed by atoms with Gasteiger partial charge in [0.1, 0.15) is 5.01 Å². The van der Waals surface area contributed by atoms with Gasteiger partial charge in [-0.05, 0) is 44.0 Å². The van der Waals surface area contributed by atoms with Crippen LogP contribution in [0, 0.1) is 5.92 Å². The highest BCUT2D eigenvalue weighted by Crippen LogP contribution is 2.20. The molecule has 7 nitrogen and oxygen atoms in total. The van der Waals surface area contributed by atoms with Crippen molar-refractivity contribution in [3.8, 4) is 0 Å². The van der Waals surface area contributed by atoms with Crippen LogP contribution in [0.3, 0.4) is 0 Å². The number of nitrogens with one attached hydrogen (secondary N) is 1. The summed E-state index contributed by atoms with van der Waals surface area (Å²) < 4.78 is 26.2. The highest BCUT2D eigenvalue weighted by molar-refractivity contribution is 7.89. The van der Waals surface area contributed by atoms with Crippen molar-refractivity contribution in [3.63, 3.8) is 0 Å². The van der Waals surface area contributed by atoms with Crippen LogP contribution in [0.15, 0.2) is 29.2 Å². The Balaban J connectivity index is 2.10. The highest BCUT2D eigenvalue weighted by Gasteiger charge is 2.23. The molecule has 1 aromatic heterocycles. The number of hydrogen-bond acceptors (Lipinski definition) is 6. The molecule has 0 radical (unpaired) electrons. The monoisotopic (exact) mass is 396 g/mol. The Morgan fingerprint density at radius 3 is 2.31 bits per heavy atom. The van der Waals surface area contributed by atoms with Gasteiger partial charge in [-0.1, -0.05) is 25.2 Å². The first-order valence-corrected chi connectivity index (χ1v) is 10.6. The van der Waals surface area contributed by atoms with E-state index in [0.29, 0.717) is 16.6 Å². The Labute approximate surface area is 158 Å². The molecule has 1 amide bonds. The minimum Gasteiger partial charge on any atom is -0.296 e. The molecule has 0 saturated heterocycles. The second-order valence-electron chi connectivity index (χ2n) is 6.69. The molecule has 0 fully saturated rings. The average Bonchev–Trinajstić information content (AvgIpc) is 3.00. The molecule has 0 aliphatic rings. The zero-order valence-electron chi connectivity index (χ0n) is 15.6. The lowest BCUT2D eigenvalue weighted by atomic mass is 10.1. The van der Waals surface area contributed by atoms with Gasteiger partial charge in [0.15, 0.2) is 0 Å². The lowest BCUT2D eigenvalue weighted by Gasteiger charge is -2.20. The minimum absolute atomic E-state index is 0.152. The van der Waals surface area contributed by atoms with Crippen LogP contribution >= 0.6 is 11.3 Å². The summed E-state index contributed by atoms with van der Waals surface area (Å²) in [4.78, 5) is 12.5. The largest absolute Gasteiger partial charge is 0.296 e. The van der Waals surface area contributed by atoms with E-state index in [9.17, 15) is 13.2 Å². The maximum Gasteiger partial charge on any atom is 0.257 e. The van der Waals surface area contributed by atoms with E-state index in [1.54, 1.807) is 13.8 Å². The van der Waals surface area contributed by atoms with E-state index in [0.717, 1.165) is 11.4 Å². The van der Waals surface area contributed by atoms with Crippen LogP contribution in [-0.4, -0.2) is 41.9 Å². The van der Waals surface area contributed by atoms with Gasteiger partial charge in [-0.3, -0.25) is 10.1 Å². The van der Waals surface area contributed by atoms with Crippen molar-refractivity contribution in [1.29, 1.82) is 0 Å². The van der Waals surface area contributed by atoms with E-state index < -0.39 is 10.0 Å². The third kappa shape index (κ3) is 4.87. The lowest BCUT2D eigenvalue weighted by Crippen LogP contribution is -2.33. The van der Waals surface area contributed by atoms with Gasteiger partial charge in [-0.2, -0.15) is 4.31 Å². The van der Waals surface area contributed by atoms with Gasteiger partial charge < -0.3 is 0 Å². The van der Waals surface area contributed by atoms with Gasteiger partial charge in [-0.25, -0.2) is 8.42 Å². The molecule has 0 unspecified atom stereocenters. The van der Waals surface area contributed by atoms with Crippen molar-refractivity contribution in [2.75, 3.05) is 12.4 Å². The van der Waals surface area contributed by atoms with E-state index in [4.69, 9.17) is 0 Å². The maximum atomic E-state index is 12.4. The molecule has 26 heavy (non-hydrogen) atoms. The second-order valence-corrected chi connectivity index (χ2v) is 9.75. The Morgan fingerprint density at radius 1 is 1.15 bits per heavy atom. The number of carbonyl (C=O) groups is 1. The highest BCUT2D eigenvalue weighted by atomic mass is 32.2. The first kappa shape index (κ1) is 20.5. The first-order chi connectivity index (χ1) is 12.1. The average molecular weight is 397 g/mol. The quantitative estimate of drug-likeness (QED) is 0.777. The van der Waals surface area contributed by atoms with Gasteiger partial charge in [0.25, 0.3) is 5.91 Å². The second kappa shape index (κ2) is 8.24. The molecule has 0 atom stereocenters. The fourth-order valence-electron chi connectivity index (χ4n) is 2.13. The molecule has 1 aromatic carbocycles. The van der Waals surface area contributed by atoms with Crippen LogP contribution in [0.1, 0.15) is 43.1 Å². The van der Waals surface area contributed by atoms with Gasteiger partial charge in [0.2, 0.25) is 15.2 Å². The molecule has 1 N–H and O–H groups in total. The van der Waals surface area contributed by atoms with Crippen LogP contribution < -0.4 is 5.32 Å². The number of benzene rings is 1. The lowest BCUT2D eigenvalue weighted by molar-refractivity contribution is 0.102. The molecule has 0 saturated carbocycles. The van der Waals surface area contributed by atoms with Crippen LogP contribution in [0.2, 0.25) is 0 Å². The zero-order chi connectivity index (χ0) is 19.5. The smallest absolute Gasteiger partial charge is 0.257 e. The van der Waals surface area contributed by atoms with Crippen molar-refractivity contribution >= 4 is 32.4 Å². The van der Waals surface area contributed by atoms with Crippen molar-refractivity contribution < 1.29 is 13.2 Å². The standard InChI is InChI=1S/C17H24N4O3S2/c1-11(2)10-15-19-20-17(25-15)18-16(22)13-6-8-14(9-7-13)26(23,24)21(5)12(3)4/h6-9,11-12H,10H2,1-5H3,(H,18,20,22). The number of anilines is 1. The Kier molecular flexibility index (Phi) is 6.48. The summed E-state index contributed by atoms with van der Waals surface area (Å²) in [5, 5.41) is 12.0. The fraction of sp³-hybridized carbons (Fsp3) is 0.471. The molecule has 9 heteroatoms. The third-order valence-corrected chi connectivity index (χ3v) is 6.70. The number of carbonyl (C=O) groups excluding carboxylic acids is 1. The van der Waals surface area contributed by atoms with Crippen molar-refractivity contribution in [2.24, 2.45) is 5.92 Å². The Bertz CT molecular complexity index is 858. The molecule has 0 aliphatic carbocycles. The summed E-state index contributed by atoms with van der Waals surface area (Å²) in [6.07, 6.45) is 0.809. The first-order valence-electron chi connectivity index (χ1n) is 8.33. The van der Waals surface area contributed by atoms with Crippen molar-refractivity contribution in [3.05, 3.63) is 34.8 Å². The van der Waals surface area contributed by atoms with E-state index >= 15 is 0 Å². The number of aromatic nitrogens is 2. The molecule has 0 bridgehead atoms. The summed E-state index contributed by atoms with van der Waals surface area (Å²) in [6.45, 7) is 7.78. The summed E-state index contributed by atoms with van der Waals surface area (Å²) in [5.74, 6) is 0.114. The number of rotatable bonds is 7. The van der Waals surface area contributed by atoms with E-state index in [1.165, 1.54) is 47.0 Å². The third-order valence-electron chi connectivity index (χ3n) is 3.79. The van der Waals surface area contributed by atoms with E-state index in [2.05, 4.69) is 29.4 Å². The SMILES string of the molecule is CC(C)Cc1nnc(NC(=O)c2ccc(S(=O)(=O)N(C)C(C)C)cc2)s1. The summed E-state index contributed by atoms with van der Waals surface area (Å²) in [5.41, 5.74) is 0.358. The number of sulfonamides is 1. The molecule has 142 valence electrons. The van der Waals surface area contributed by atoms with Crippen LogP contribution in [0.4, 0.5) is 5.13 Å². The summed E-state index contributed by atoms with van der Waals surface area (Å²) >= 11 is 1.34. The van der Waals surface area contributed by atoms with E-state index in [1.807, 2.05) is 0 Å². The predicted octanol–water partition coefficient (Wildman–Crippen LogP) is 3.02. The maximum absolute atomic E-state index is 12.4. The predicted molar refractivity (Wildman–Crippen MR) is 103 cm³/mol.